The molecule has 82 valence electrons. The van der Waals surface area contributed by atoms with Crippen molar-refractivity contribution >= 4 is 29.2 Å². The number of rotatable bonds is 2. The monoisotopic (exact) mass is 255 g/mol. The van der Waals surface area contributed by atoms with Gasteiger partial charge in [-0.05, 0) is 30.3 Å². The van der Waals surface area contributed by atoms with Gasteiger partial charge in [0.1, 0.15) is 5.69 Å². The van der Waals surface area contributed by atoms with Crippen LogP contribution >= 0.6 is 23.2 Å². The van der Waals surface area contributed by atoms with E-state index in [0.717, 1.165) is 0 Å². The molecule has 0 aliphatic rings. The molecule has 1 aromatic heterocycles. The molecule has 1 heterocycles. The average molecular weight is 256 g/mol. The van der Waals surface area contributed by atoms with E-state index in [1.54, 1.807) is 30.5 Å². The molecule has 1 aromatic carbocycles. The number of carboxylic acids is 1. The van der Waals surface area contributed by atoms with Gasteiger partial charge < -0.3 is 9.67 Å². The zero-order chi connectivity index (χ0) is 11.7. The predicted molar refractivity (Wildman–Crippen MR) is 62.7 cm³/mol. The summed E-state index contributed by atoms with van der Waals surface area (Å²) >= 11 is 11.8. The standard InChI is InChI=1S/C11H7Cl2NO2/c12-7-3-4-9(8(13)6-7)14-5-1-2-10(14)11(15)16/h1-6H,(H,15,16). The molecule has 2 rings (SSSR count). The van der Waals surface area contributed by atoms with Crippen LogP contribution in [0.15, 0.2) is 36.5 Å². The zero-order valence-electron chi connectivity index (χ0n) is 8.02. The first-order valence-electron chi connectivity index (χ1n) is 4.45. The van der Waals surface area contributed by atoms with Crippen LogP contribution in [0.25, 0.3) is 5.69 Å². The first kappa shape index (κ1) is 11.0. The van der Waals surface area contributed by atoms with Gasteiger partial charge >= 0.3 is 5.97 Å². The van der Waals surface area contributed by atoms with Crippen molar-refractivity contribution in [1.29, 1.82) is 0 Å². The molecule has 0 bridgehead atoms. The highest BCUT2D eigenvalue weighted by Gasteiger charge is 2.12. The van der Waals surface area contributed by atoms with Crippen molar-refractivity contribution in [2.45, 2.75) is 0 Å². The summed E-state index contributed by atoms with van der Waals surface area (Å²) < 4.78 is 1.50. The number of carbonyl (C=O) groups is 1. The third-order valence-electron chi connectivity index (χ3n) is 2.14. The summed E-state index contributed by atoms with van der Waals surface area (Å²) in [5, 5.41) is 9.89. The number of benzene rings is 1. The number of nitrogens with zero attached hydrogens (tertiary/aromatic N) is 1. The van der Waals surface area contributed by atoms with Crippen LogP contribution in [0, 0.1) is 0 Å². The summed E-state index contributed by atoms with van der Waals surface area (Å²) in [7, 11) is 0. The molecule has 0 saturated heterocycles. The fourth-order valence-corrected chi connectivity index (χ4v) is 1.94. The van der Waals surface area contributed by atoms with Crippen LogP contribution in [0.3, 0.4) is 0 Å². The van der Waals surface area contributed by atoms with E-state index >= 15 is 0 Å². The van der Waals surface area contributed by atoms with Gasteiger partial charge in [-0.2, -0.15) is 0 Å². The molecule has 16 heavy (non-hydrogen) atoms. The maximum Gasteiger partial charge on any atom is 0.352 e. The average Bonchev–Trinajstić information content (AvgIpc) is 2.66. The third kappa shape index (κ3) is 1.92. The molecule has 1 N–H and O–H groups in total. The quantitative estimate of drug-likeness (QED) is 0.893. The van der Waals surface area contributed by atoms with E-state index in [2.05, 4.69) is 0 Å². The predicted octanol–water partition coefficient (Wildman–Crippen LogP) is 3.48. The number of halogens is 2. The molecule has 0 fully saturated rings. The second-order valence-electron chi connectivity index (χ2n) is 3.16. The molecule has 0 atom stereocenters. The molecule has 0 saturated carbocycles. The van der Waals surface area contributed by atoms with Crippen LogP contribution in [0.1, 0.15) is 10.5 Å². The molecule has 2 aromatic rings. The van der Waals surface area contributed by atoms with Gasteiger partial charge in [-0.3, -0.25) is 0 Å². The molecule has 0 unspecified atom stereocenters. The maximum atomic E-state index is 10.9. The van der Waals surface area contributed by atoms with E-state index in [1.807, 2.05) is 0 Å². The molecule has 0 amide bonds. The molecule has 3 nitrogen and oxygen atoms in total. The molecule has 0 aliphatic carbocycles. The highest BCUT2D eigenvalue weighted by atomic mass is 35.5. The van der Waals surface area contributed by atoms with Gasteiger partial charge in [-0.15, -0.1) is 0 Å². The van der Waals surface area contributed by atoms with Crippen LogP contribution in [0.4, 0.5) is 0 Å². The minimum Gasteiger partial charge on any atom is -0.477 e. The normalized spacial score (nSPS) is 10.4. The summed E-state index contributed by atoms with van der Waals surface area (Å²) in [5.41, 5.74) is 0.748. The van der Waals surface area contributed by atoms with Crippen LogP contribution < -0.4 is 0 Å². The second-order valence-corrected chi connectivity index (χ2v) is 4.01. The van der Waals surface area contributed by atoms with E-state index < -0.39 is 5.97 Å². The van der Waals surface area contributed by atoms with Crippen LogP contribution in [-0.2, 0) is 0 Å². The summed E-state index contributed by atoms with van der Waals surface area (Å²) in [6, 6.07) is 8.07. The lowest BCUT2D eigenvalue weighted by Gasteiger charge is -2.08. The Kier molecular flexibility index (Phi) is 2.90. The van der Waals surface area contributed by atoms with E-state index in [-0.39, 0.29) is 5.69 Å². The summed E-state index contributed by atoms with van der Waals surface area (Å²) in [4.78, 5) is 10.9. The lowest BCUT2D eigenvalue weighted by Crippen LogP contribution is -2.05. The number of carboxylic acid groups (broad SMARTS) is 1. The van der Waals surface area contributed by atoms with Crippen molar-refractivity contribution in [3.63, 3.8) is 0 Å². The van der Waals surface area contributed by atoms with Crippen LogP contribution in [0.5, 0.6) is 0 Å². The number of hydrogen-bond acceptors (Lipinski definition) is 1. The Labute approximate surface area is 102 Å². The molecule has 0 radical (unpaired) electrons. The fraction of sp³-hybridized carbons (Fsp3) is 0. The van der Waals surface area contributed by atoms with Crippen molar-refractivity contribution in [2.24, 2.45) is 0 Å². The first-order chi connectivity index (χ1) is 7.59. The Morgan fingerprint density at radius 1 is 1.25 bits per heavy atom. The molecule has 5 heteroatoms. The lowest BCUT2D eigenvalue weighted by atomic mass is 10.3. The van der Waals surface area contributed by atoms with Gasteiger partial charge in [0.2, 0.25) is 0 Å². The van der Waals surface area contributed by atoms with E-state index in [0.29, 0.717) is 15.7 Å². The minimum atomic E-state index is -1.00. The Balaban J connectivity index is 2.59. The van der Waals surface area contributed by atoms with E-state index in [4.69, 9.17) is 28.3 Å². The highest BCUT2D eigenvalue weighted by molar-refractivity contribution is 6.35. The van der Waals surface area contributed by atoms with Crippen molar-refractivity contribution < 1.29 is 9.90 Å². The van der Waals surface area contributed by atoms with Crippen LogP contribution in [0.2, 0.25) is 10.0 Å². The van der Waals surface area contributed by atoms with Gasteiger partial charge in [-0.1, -0.05) is 23.2 Å². The Bertz CT molecular complexity index is 549. The smallest absolute Gasteiger partial charge is 0.352 e. The van der Waals surface area contributed by atoms with Gasteiger partial charge in [0.05, 0.1) is 10.7 Å². The minimum absolute atomic E-state index is 0.157. The molecule has 0 aliphatic heterocycles. The molecule has 0 spiro atoms. The first-order valence-corrected chi connectivity index (χ1v) is 5.21. The van der Waals surface area contributed by atoms with Crippen LogP contribution in [-0.4, -0.2) is 15.6 Å². The lowest BCUT2D eigenvalue weighted by molar-refractivity contribution is 0.0688. The van der Waals surface area contributed by atoms with Crippen molar-refractivity contribution in [2.75, 3.05) is 0 Å². The Hall–Kier alpha value is -1.45. The summed E-state index contributed by atoms with van der Waals surface area (Å²) in [6.45, 7) is 0. The number of aromatic carboxylic acids is 1. The van der Waals surface area contributed by atoms with E-state index in [9.17, 15) is 4.79 Å². The van der Waals surface area contributed by atoms with Gasteiger partial charge in [0, 0.05) is 11.2 Å². The number of aromatic nitrogens is 1. The number of hydrogen-bond donors (Lipinski definition) is 1. The fourth-order valence-electron chi connectivity index (χ4n) is 1.44. The Morgan fingerprint density at radius 3 is 2.62 bits per heavy atom. The zero-order valence-corrected chi connectivity index (χ0v) is 9.53. The molecular weight excluding hydrogens is 249 g/mol. The van der Waals surface area contributed by atoms with Gasteiger partial charge in [-0.25, -0.2) is 4.79 Å². The summed E-state index contributed by atoms with van der Waals surface area (Å²) in [5.74, 6) is -1.00. The Morgan fingerprint density at radius 2 is 2.00 bits per heavy atom. The maximum absolute atomic E-state index is 10.9. The summed E-state index contributed by atoms with van der Waals surface area (Å²) in [6.07, 6.45) is 1.64. The van der Waals surface area contributed by atoms with Crippen molar-refractivity contribution in [3.05, 3.63) is 52.3 Å². The SMILES string of the molecule is O=C(O)c1cccn1-c1ccc(Cl)cc1Cl. The third-order valence-corrected chi connectivity index (χ3v) is 2.67. The van der Waals surface area contributed by atoms with Gasteiger partial charge in [0.15, 0.2) is 0 Å². The molecular formula is C11H7Cl2NO2. The topological polar surface area (TPSA) is 42.2 Å². The highest BCUT2D eigenvalue weighted by Crippen LogP contribution is 2.25. The largest absolute Gasteiger partial charge is 0.477 e. The van der Waals surface area contributed by atoms with Crippen molar-refractivity contribution in [3.8, 4) is 5.69 Å². The second kappa shape index (κ2) is 4.20. The van der Waals surface area contributed by atoms with Gasteiger partial charge in [0.25, 0.3) is 0 Å². The van der Waals surface area contributed by atoms with Crippen molar-refractivity contribution in [1.82, 2.24) is 4.57 Å². The van der Waals surface area contributed by atoms with E-state index in [1.165, 1.54) is 10.6 Å².